The van der Waals surface area contributed by atoms with Crippen LogP contribution >= 0.6 is 0 Å². The molecule has 3 rings (SSSR count). The standard InChI is InChI=1S/C18H24O3/c1-12(2)15-6-4-13(3)17(9-15)19-10-14-5-7-16-18(8-14)21-11-20-16/h5,7-8,12,15H,4,6,9-11H2,1-3H3. The second-order valence-corrected chi connectivity index (χ2v) is 6.43. The summed E-state index contributed by atoms with van der Waals surface area (Å²) in [5, 5.41) is 0. The number of benzene rings is 1. The summed E-state index contributed by atoms with van der Waals surface area (Å²) < 4.78 is 16.8. The smallest absolute Gasteiger partial charge is 0.231 e. The molecule has 1 aromatic carbocycles. The van der Waals surface area contributed by atoms with Crippen LogP contribution in [0.4, 0.5) is 0 Å². The number of rotatable bonds is 4. The van der Waals surface area contributed by atoms with Crippen molar-refractivity contribution in [2.24, 2.45) is 11.8 Å². The second-order valence-electron chi connectivity index (χ2n) is 6.43. The lowest BCUT2D eigenvalue weighted by molar-refractivity contribution is 0.154. The van der Waals surface area contributed by atoms with Crippen LogP contribution in [0.1, 0.15) is 45.6 Å². The molecule has 1 unspecified atom stereocenters. The van der Waals surface area contributed by atoms with Crippen molar-refractivity contribution >= 4 is 0 Å². The van der Waals surface area contributed by atoms with Crippen molar-refractivity contribution in [3.8, 4) is 11.5 Å². The van der Waals surface area contributed by atoms with Crippen LogP contribution in [0.25, 0.3) is 0 Å². The van der Waals surface area contributed by atoms with E-state index in [4.69, 9.17) is 14.2 Å². The van der Waals surface area contributed by atoms with Crippen molar-refractivity contribution in [1.29, 1.82) is 0 Å². The zero-order chi connectivity index (χ0) is 14.8. The summed E-state index contributed by atoms with van der Waals surface area (Å²) in [4.78, 5) is 0. The van der Waals surface area contributed by atoms with Crippen LogP contribution in [0, 0.1) is 11.8 Å². The molecule has 1 heterocycles. The molecule has 0 bridgehead atoms. The highest BCUT2D eigenvalue weighted by Gasteiger charge is 2.22. The number of fused-ring (bicyclic) bond motifs is 1. The lowest BCUT2D eigenvalue weighted by Gasteiger charge is -2.28. The lowest BCUT2D eigenvalue weighted by Crippen LogP contribution is -2.16. The summed E-state index contributed by atoms with van der Waals surface area (Å²) in [5.41, 5.74) is 2.54. The zero-order valence-corrected chi connectivity index (χ0v) is 13.1. The van der Waals surface area contributed by atoms with E-state index < -0.39 is 0 Å². The topological polar surface area (TPSA) is 27.7 Å². The number of hydrogen-bond acceptors (Lipinski definition) is 3. The van der Waals surface area contributed by atoms with Gasteiger partial charge in [-0.1, -0.05) is 19.9 Å². The Hall–Kier alpha value is -1.64. The molecule has 0 saturated heterocycles. The van der Waals surface area contributed by atoms with E-state index in [-0.39, 0.29) is 0 Å². The summed E-state index contributed by atoms with van der Waals surface area (Å²) in [6.45, 7) is 7.74. The highest BCUT2D eigenvalue weighted by Crippen LogP contribution is 2.36. The van der Waals surface area contributed by atoms with Crippen molar-refractivity contribution in [2.45, 2.75) is 46.6 Å². The number of hydrogen-bond donors (Lipinski definition) is 0. The van der Waals surface area contributed by atoms with E-state index in [0.717, 1.165) is 35.3 Å². The zero-order valence-electron chi connectivity index (χ0n) is 13.1. The van der Waals surface area contributed by atoms with Crippen molar-refractivity contribution in [3.05, 3.63) is 35.1 Å². The minimum atomic E-state index is 0.319. The minimum absolute atomic E-state index is 0.319. The van der Waals surface area contributed by atoms with Crippen LogP contribution in [-0.4, -0.2) is 6.79 Å². The van der Waals surface area contributed by atoms with Gasteiger partial charge >= 0.3 is 0 Å². The Balaban J connectivity index is 1.64. The van der Waals surface area contributed by atoms with Gasteiger partial charge in [0.2, 0.25) is 6.79 Å². The number of allylic oxidation sites excluding steroid dienone is 2. The van der Waals surface area contributed by atoms with Gasteiger partial charge in [-0.15, -0.1) is 0 Å². The molecule has 0 fully saturated rings. The van der Waals surface area contributed by atoms with Gasteiger partial charge in [-0.2, -0.15) is 0 Å². The third-order valence-electron chi connectivity index (χ3n) is 4.61. The molecule has 0 N–H and O–H groups in total. The molecule has 0 radical (unpaired) electrons. The molecule has 21 heavy (non-hydrogen) atoms. The largest absolute Gasteiger partial charge is 0.493 e. The van der Waals surface area contributed by atoms with Crippen LogP contribution in [0.15, 0.2) is 29.5 Å². The molecule has 114 valence electrons. The van der Waals surface area contributed by atoms with E-state index in [0.29, 0.717) is 13.4 Å². The molecule has 0 aromatic heterocycles. The van der Waals surface area contributed by atoms with Gasteiger partial charge in [0.15, 0.2) is 11.5 Å². The molecular weight excluding hydrogens is 264 g/mol. The highest BCUT2D eigenvalue weighted by atomic mass is 16.7. The normalized spacial score (nSPS) is 21.0. The molecule has 1 aromatic rings. The first-order valence-electron chi connectivity index (χ1n) is 7.83. The van der Waals surface area contributed by atoms with Crippen molar-refractivity contribution < 1.29 is 14.2 Å². The summed E-state index contributed by atoms with van der Waals surface area (Å²) in [5.74, 6) is 4.32. The molecule has 0 saturated carbocycles. The minimum Gasteiger partial charge on any atom is -0.493 e. The van der Waals surface area contributed by atoms with Crippen LogP contribution in [0.5, 0.6) is 11.5 Å². The van der Waals surface area contributed by atoms with E-state index in [1.54, 1.807) is 0 Å². The fraction of sp³-hybridized carbons (Fsp3) is 0.556. The Labute approximate surface area is 126 Å². The Morgan fingerprint density at radius 3 is 2.86 bits per heavy atom. The quantitative estimate of drug-likeness (QED) is 0.806. The second kappa shape index (κ2) is 6.00. The van der Waals surface area contributed by atoms with Crippen molar-refractivity contribution in [1.82, 2.24) is 0 Å². The van der Waals surface area contributed by atoms with E-state index in [2.05, 4.69) is 20.8 Å². The fourth-order valence-electron chi connectivity index (χ4n) is 3.01. The first kappa shape index (κ1) is 14.3. The van der Waals surface area contributed by atoms with Gasteiger partial charge in [-0.05, 0) is 54.9 Å². The van der Waals surface area contributed by atoms with Gasteiger partial charge in [0.05, 0.1) is 5.76 Å². The van der Waals surface area contributed by atoms with E-state index in [9.17, 15) is 0 Å². The number of ether oxygens (including phenoxy) is 3. The Kier molecular flexibility index (Phi) is 4.09. The van der Waals surface area contributed by atoms with Gasteiger partial charge in [0, 0.05) is 6.42 Å². The molecule has 1 aliphatic carbocycles. The van der Waals surface area contributed by atoms with E-state index >= 15 is 0 Å². The average Bonchev–Trinajstić information content (AvgIpc) is 2.93. The molecule has 3 nitrogen and oxygen atoms in total. The van der Waals surface area contributed by atoms with Gasteiger partial charge in [0.1, 0.15) is 6.61 Å². The van der Waals surface area contributed by atoms with E-state index in [1.165, 1.54) is 24.2 Å². The van der Waals surface area contributed by atoms with Gasteiger partial charge < -0.3 is 14.2 Å². The molecule has 0 amide bonds. The highest BCUT2D eigenvalue weighted by molar-refractivity contribution is 5.44. The molecular formula is C18H24O3. The fourth-order valence-corrected chi connectivity index (χ4v) is 3.01. The molecule has 1 atom stereocenters. The average molecular weight is 288 g/mol. The molecule has 1 aliphatic heterocycles. The molecule has 3 heteroatoms. The maximum absolute atomic E-state index is 6.10. The summed E-state index contributed by atoms with van der Waals surface area (Å²) in [6, 6.07) is 6.02. The Bertz CT molecular complexity index is 545. The first-order chi connectivity index (χ1) is 10.1. The van der Waals surface area contributed by atoms with Gasteiger partial charge in [-0.3, -0.25) is 0 Å². The summed E-state index contributed by atoms with van der Waals surface area (Å²) in [6.07, 6.45) is 3.54. The maximum Gasteiger partial charge on any atom is 0.231 e. The first-order valence-corrected chi connectivity index (χ1v) is 7.83. The molecule has 2 aliphatic rings. The Morgan fingerprint density at radius 1 is 1.24 bits per heavy atom. The van der Waals surface area contributed by atoms with Crippen molar-refractivity contribution in [3.63, 3.8) is 0 Å². The van der Waals surface area contributed by atoms with Crippen LogP contribution < -0.4 is 9.47 Å². The van der Waals surface area contributed by atoms with Crippen LogP contribution in [0.2, 0.25) is 0 Å². The van der Waals surface area contributed by atoms with Crippen LogP contribution in [0.3, 0.4) is 0 Å². The van der Waals surface area contributed by atoms with Crippen LogP contribution in [-0.2, 0) is 11.3 Å². The van der Waals surface area contributed by atoms with Crippen molar-refractivity contribution in [2.75, 3.05) is 6.79 Å². The monoisotopic (exact) mass is 288 g/mol. The Morgan fingerprint density at radius 2 is 2.05 bits per heavy atom. The van der Waals surface area contributed by atoms with E-state index in [1.807, 2.05) is 18.2 Å². The summed E-state index contributed by atoms with van der Waals surface area (Å²) >= 11 is 0. The summed E-state index contributed by atoms with van der Waals surface area (Å²) in [7, 11) is 0. The van der Waals surface area contributed by atoms with Gasteiger partial charge in [0.25, 0.3) is 0 Å². The van der Waals surface area contributed by atoms with Gasteiger partial charge in [-0.25, -0.2) is 0 Å². The predicted molar refractivity (Wildman–Crippen MR) is 82.2 cm³/mol. The third kappa shape index (κ3) is 3.17. The third-order valence-corrected chi connectivity index (χ3v) is 4.61. The lowest BCUT2D eigenvalue weighted by atomic mass is 9.82. The predicted octanol–water partition coefficient (Wildman–Crippen LogP) is 4.66. The molecule has 0 spiro atoms. The maximum atomic E-state index is 6.10. The SMILES string of the molecule is CC1=C(OCc2ccc3c(c2)OCO3)CC(C(C)C)CC1.